The maximum atomic E-state index is 12.1. The van der Waals surface area contributed by atoms with Gasteiger partial charge in [0.25, 0.3) is 0 Å². The number of halogens is 1. The molecule has 3 nitrogen and oxygen atoms in total. The first kappa shape index (κ1) is 12.9. The molecule has 1 aromatic carbocycles. The fraction of sp³-hybridized carbons (Fsp3) is 0.533. The van der Waals surface area contributed by atoms with E-state index in [9.17, 15) is 4.79 Å². The monoisotopic (exact) mass is 278 g/mol. The second-order valence-corrected chi connectivity index (χ2v) is 6.13. The Morgan fingerprint density at radius 1 is 1.32 bits per heavy atom. The molecule has 2 aliphatic rings. The fourth-order valence-corrected chi connectivity index (χ4v) is 3.36. The highest BCUT2D eigenvalue weighted by Gasteiger charge is 2.34. The third-order valence-electron chi connectivity index (χ3n) is 4.34. The molecule has 1 aliphatic heterocycles. The molecular formula is C15H19ClN2O. The van der Waals surface area contributed by atoms with Crippen LogP contribution in [0.5, 0.6) is 0 Å². The Bertz CT molecular complexity index is 503. The molecule has 19 heavy (non-hydrogen) atoms. The van der Waals surface area contributed by atoms with Gasteiger partial charge in [0.05, 0.1) is 0 Å². The lowest BCUT2D eigenvalue weighted by atomic mass is 9.85. The standard InChI is InChI=1S/C15H19ClN2O/c1-9-4-2-3-5-12(9)17-14-11-8-10(16)6-7-13(11)18-15(14)19/h6-9,12,14,17H,2-5H2,1H3,(H,18,19). The Labute approximate surface area is 118 Å². The van der Waals surface area contributed by atoms with E-state index >= 15 is 0 Å². The van der Waals surface area contributed by atoms with Crippen molar-refractivity contribution in [3.63, 3.8) is 0 Å². The highest BCUT2D eigenvalue weighted by molar-refractivity contribution is 6.31. The van der Waals surface area contributed by atoms with E-state index in [0.29, 0.717) is 17.0 Å². The zero-order valence-corrected chi connectivity index (χ0v) is 11.8. The van der Waals surface area contributed by atoms with Crippen molar-refractivity contribution in [1.82, 2.24) is 5.32 Å². The lowest BCUT2D eigenvalue weighted by molar-refractivity contribution is -0.118. The molecule has 0 bridgehead atoms. The maximum Gasteiger partial charge on any atom is 0.246 e. The van der Waals surface area contributed by atoms with Crippen molar-refractivity contribution >= 4 is 23.2 Å². The van der Waals surface area contributed by atoms with Gasteiger partial charge in [-0.1, -0.05) is 31.4 Å². The average Bonchev–Trinajstić information content (AvgIpc) is 2.69. The number of hydrogen-bond donors (Lipinski definition) is 2. The molecule has 2 N–H and O–H groups in total. The van der Waals surface area contributed by atoms with Crippen molar-refractivity contribution in [2.45, 2.75) is 44.7 Å². The van der Waals surface area contributed by atoms with Crippen LogP contribution in [0.2, 0.25) is 5.02 Å². The maximum absolute atomic E-state index is 12.1. The van der Waals surface area contributed by atoms with Gasteiger partial charge >= 0.3 is 0 Å². The summed E-state index contributed by atoms with van der Waals surface area (Å²) < 4.78 is 0. The smallest absolute Gasteiger partial charge is 0.246 e. The lowest BCUT2D eigenvalue weighted by Gasteiger charge is -2.31. The second kappa shape index (κ2) is 5.14. The third kappa shape index (κ3) is 2.49. The summed E-state index contributed by atoms with van der Waals surface area (Å²) in [6.45, 7) is 2.27. The van der Waals surface area contributed by atoms with Crippen molar-refractivity contribution in [2.24, 2.45) is 5.92 Å². The summed E-state index contributed by atoms with van der Waals surface area (Å²) in [4.78, 5) is 12.1. The summed E-state index contributed by atoms with van der Waals surface area (Å²) in [5, 5.41) is 7.13. The average molecular weight is 279 g/mol. The van der Waals surface area contributed by atoms with Crippen LogP contribution in [-0.2, 0) is 4.79 Å². The molecule has 1 heterocycles. The van der Waals surface area contributed by atoms with Crippen LogP contribution in [0.15, 0.2) is 18.2 Å². The van der Waals surface area contributed by atoms with Crippen LogP contribution < -0.4 is 10.6 Å². The SMILES string of the molecule is CC1CCCCC1NC1C(=O)Nc2ccc(Cl)cc21. The number of benzene rings is 1. The van der Waals surface area contributed by atoms with E-state index in [2.05, 4.69) is 17.6 Å². The summed E-state index contributed by atoms with van der Waals surface area (Å²) in [5.74, 6) is 0.667. The van der Waals surface area contributed by atoms with Crippen molar-refractivity contribution < 1.29 is 4.79 Å². The van der Waals surface area contributed by atoms with Crippen LogP contribution in [0.4, 0.5) is 5.69 Å². The number of rotatable bonds is 2. The van der Waals surface area contributed by atoms with E-state index in [4.69, 9.17) is 11.6 Å². The van der Waals surface area contributed by atoms with E-state index in [0.717, 1.165) is 17.7 Å². The highest BCUT2D eigenvalue weighted by Crippen LogP contribution is 2.35. The number of carbonyl (C=O) groups excluding carboxylic acids is 1. The minimum absolute atomic E-state index is 0.0371. The number of amides is 1. The molecule has 3 unspecified atom stereocenters. The van der Waals surface area contributed by atoms with Gasteiger partial charge in [-0.3, -0.25) is 10.1 Å². The van der Waals surface area contributed by atoms with Gasteiger partial charge in [-0.2, -0.15) is 0 Å². The molecule has 0 spiro atoms. The lowest BCUT2D eigenvalue weighted by Crippen LogP contribution is -2.41. The largest absolute Gasteiger partial charge is 0.324 e. The first-order valence-corrected chi connectivity index (χ1v) is 7.39. The Kier molecular flexibility index (Phi) is 3.50. The molecule has 0 radical (unpaired) electrons. The van der Waals surface area contributed by atoms with E-state index in [1.165, 1.54) is 19.3 Å². The number of nitrogens with one attached hydrogen (secondary N) is 2. The topological polar surface area (TPSA) is 41.1 Å². The van der Waals surface area contributed by atoms with Gasteiger partial charge in [0.1, 0.15) is 6.04 Å². The predicted molar refractivity (Wildman–Crippen MR) is 77.4 cm³/mol. The number of fused-ring (bicyclic) bond motifs is 1. The fourth-order valence-electron chi connectivity index (χ4n) is 3.18. The molecule has 1 fully saturated rings. The van der Waals surface area contributed by atoms with Crippen LogP contribution >= 0.6 is 11.6 Å². The summed E-state index contributed by atoms with van der Waals surface area (Å²) >= 11 is 6.04. The molecule has 1 aromatic rings. The van der Waals surface area contributed by atoms with E-state index in [1.807, 2.05) is 18.2 Å². The predicted octanol–water partition coefficient (Wildman–Crippen LogP) is 3.50. The Balaban J connectivity index is 1.81. The molecule has 102 valence electrons. The molecule has 3 rings (SSSR count). The highest BCUT2D eigenvalue weighted by atomic mass is 35.5. The van der Waals surface area contributed by atoms with Crippen molar-refractivity contribution in [3.8, 4) is 0 Å². The first-order valence-electron chi connectivity index (χ1n) is 7.01. The molecule has 3 atom stereocenters. The number of anilines is 1. The molecule has 1 amide bonds. The number of carbonyl (C=O) groups is 1. The van der Waals surface area contributed by atoms with Crippen molar-refractivity contribution in [3.05, 3.63) is 28.8 Å². The quantitative estimate of drug-likeness (QED) is 0.869. The van der Waals surface area contributed by atoms with Gasteiger partial charge in [-0.05, 0) is 37.0 Å². The van der Waals surface area contributed by atoms with Crippen LogP contribution in [0, 0.1) is 5.92 Å². The van der Waals surface area contributed by atoms with Crippen LogP contribution in [0.1, 0.15) is 44.2 Å². The normalized spacial score (nSPS) is 30.0. The minimum Gasteiger partial charge on any atom is -0.324 e. The molecule has 1 aliphatic carbocycles. The summed E-state index contributed by atoms with van der Waals surface area (Å²) in [7, 11) is 0. The van der Waals surface area contributed by atoms with Gasteiger partial charge in [0.2, 0.25) is 5.91 Å². The van der Waals surface area contributed by atoms with Crippen LogP contribution in [-0.4, -0.2) is 11.9 Å². The molecule has 4 heteroatoms. The summed E-state index contributed by atoms with van der Waals surface area (Å²) in [6.07, 6.45) is 4.95. The van der Waals surface area contributed by atoms with Crippen molar-refractivity contribution in [2.75, 3.05) is 5.32 Å². The molecule has 1 saturated carbocycles. The summed E-state index contributed by atoms with van der Waals surface area (Å²) in [6, 6.07) is 5.75. The molecule has 0 aromatic heterocycles. The minimum atomic E-state index is -0.251. The van der Waals surface area contributed by atoms with E-state index < -0.39 is 0 Å². The summed E-state index contributed by atoms with van der Waals surface area (Å²) in [5.41, 5.74) is 1.87. The Morgan fingerprint density at radius 2 is 2.11 bits per heavy atom. The molecular weight excluding hydrogens is 260 g/mol. The van der Waals surface area contributed by atoms with Gasteiger partial charge < -0.3 is 5.32 Å². The van der Waals surface area contributed by atoms with Crippen LogP contribution in [0.25, 0.3) is 0 Å². The third-order valence-corrected chi connectivity index (χ3v) is 4.57. The van der Waals surface area contributed by atoms with Crippen LogP contribution in [0.3, 0.4) is 0 Å². The first-order chi connectivity index (χ1) is 9.15. The Hall–Kier alpha value is -1.06. The zero-order chi connectivity index (χ0) is 13.4. The van der Waals surface area contributed by atoms with E-state index in [1.54, 1.807) is 0 Å². The second-order valence-electron chi connectivity index (χ2n) is 5.69. The van der Waals surface area contributed by atoms with Gasteiger partial charge in [0.15, 0.2) is 0 Å². The number of hydrogen-bond acceptors (Lipinski definition) is 2. The van der Waals surface area contributed by atoms with E-state index in [-0.39, 0.29) is 11.9 Å². The zero-order valence-electron chi connectivity index (χ0n) is 11.1. The van der Waals surface area contributed by atoms with Gasteiger partial charge in [0, 0.05) is 22.3 Å². The molecule has 0 saturated heterocycles. The van der Waals surface area contributed by atoms with Crippen molar-refractivity contribution in [1.29, 1.82) is 0 Å². The van der Waals surface area contributed by atoms with Gasteiger partial charge in [-0.15, -0.1) is 0 Å². The van der Waals surface area contributed by atoms with Gasteiger partial charge in [-0.25, -0.2) is 0 Å². The Morgan fingerprint density at radius 3 is 2.89 bits per heavy atom.